The summed E-state index contributed by atoms with van der Waals surface area (Å²) in [4.78, 5) is 51.0. The molecule has 0 spiro atoms. The largest absolute Gasteiger partial charge is 0.462 e. The van der Waals surface area contributed by atoms with E-state index in [9.17, 15) is 24.3 Å². The minimum absolute atomic E-state index is 0.0178. The van der Waals surface area contributed by atoms with Gasteiger partial charge < -0.3 is 25.2 Å². The van der Waals surface area contributed by atoms with E-state index in [2.05, 4.69) is 26.5 Å². The number of rotatable bonds is 38. The quantitative estimate of drug-likeness (QED) is 0.0324. The number of carbonyl (C=O) groups is 3. The molecule has 1 unspecified atom stereocenters. The number of hydrogen-bond acceptors (Lipinski definition) is 9. The van der Waals surface area contributed by atoms with E-state index < -0.39 is 42.6 Å². The highest BCUT2D eigenvalue weighted by atomic mass is 32.1. The van der Waals surface area contributed by atoms with Gasteiger partial charge in [-0.15, -0.1) is 0 Å². The van der Waals surface area contributed by atoms with E-state index in [4.69, 9.17) is 15.2 Å². The van der Waals surface area contributed by atoms with Crippen LogP contribution < -0.4 is 5.73 Å². The molecule has 0 heterocycles. The van der Waals surface area contributed by atoms with Gasteiger partial charge in [0.25, 0.3) is 0 Å². The number of esters is 2. The molecule has 0 saturated heterocycles. The number of hydrogen-bond donors (Lipinski definition) is 3. The first-order chi connectivity index (χ1) is 24.8. The van der Waals surface area contributed by atoms with Crippen LogP contribution in [-0.2, 0) is 28.7 Å². The highest BCUT2D eigenvalue weighted by molar-refractivity contribution is 7.80. The molecule has 0 bridgehead atoms. The molecule has 0 aromatic rings. The second-order valence-electron chi connectivity index (χ2n) is 14.4. The molecule has 0 fully saturated rings. The third kappa shape index (κ3) is 29.5. The summed E-state index contributed by atoms with van der Waals surface area (Å²) in [5, 5.41) is 9.74. The van der Waals surface area contributed by atoms with Gasteiger partial charge in [0.1, 0.15) is 12.6 Å². The molecular weight excluding hydrogens is 665 g/mol. The minimum Gasteiger partial charge on any atom is -0.462 e. The van der Waals surface area contributed by atoms with Crippen LogP contribution in [0.15, 0.2) is 0 Å². The summed E-state index contributed by atoms with van der Waals surface area (Å²) >= 11 is 4.09. The number of unbranched alkanes of at least 4 members (excludes halogenated alkanes) is 24. The molecule has 3 atom stereocenters. The molecule has 51 heavy (non-hydrogen) atoms. The molecule has 299 valence electrons. The zero-order valence-corrected chi connectivity index (χ0v) is 33.6. The predicted molar refractivity (Wildman–Crippen MR) is 212 cm³/mol. The van der Waals surface area contributed by atoms with Crippen LogP contribution >= 0.6 is 12.6 Å². The van der Waals surface area contributed by atoms with Crippen molar-refractivity contribution in [3.63, 3.8) is 0 Å². The minimum atomic E-state index is -1.30. The normalized spacial score (nSPS) is 13.0. The lowest BCUT2D eigenvalue weighted by molar-refractivity contribution is -0.162. The van der Waals surface area contributed by atoms with Crippen molar-refractivity contribution in [2.45, 2.75) is 212 Å². The number of ether oxygens (including phenoxy) is 2. The first-order valence-electron chi connectivity index (χ1n) is 20.8. The third-order valence-electron chi connectivity index (χ3n) is 9.58. The van der Waals surface area contributed by atoms with E-state index in [0.717, 1.165) is 37.0 Å². The smallest absolute Gasteiger partial charge is 0.306 e. The third-order valence-corrected chi connectivity index (χ3v) is 9.97. The molecule has 0 aromatic carbocycles. The zero-order valence-electron chi connectivity index (χ0n) is 32.7. The summed E-state index contributed by atoms with van der Waals surface area (Å²) in [6.45, 7) is 3.28. The Morgan fingerprint density at radius 2 is 1.02 bits per heavy atom. The number of aliphatic hydroxyl groups excluding tert-OH is 1. The molecule has 0 saturated carbocycles. The molecule has 0 aliphatic carbocycles. The number of thiol groups is 1. The van der Waals surface area contributed by atoms with Gasteiger partial charge in [-0.25, -0.2) is 0 Å². The number of nitrogens with zero attached hydrogens (tertiary/aromatic N) is 1. The van der Waals surface area contributed by atoms with Crippen molar-refractivity contribution in [3.05, 3.63) is 0 Å². The van der Waals surface area contributed by atoms with Crippen LogP contribution in [0.3, 0.4) is 0 Å². The van der Waals surface area contributed by atoms with Gasteiger partial charge in [0, 0.05) is 18.6 Å². The maximum atomic E-state index is 13.0. The van der Waals surface area contributed by atoms with Gasteiger partial charge in [-0.3, -0.25) is 19.2 Å². The molecule has 0 aliphatic heterocycles. The van der Waals surface area contributed by atoms with Crippen molar-refractivity contribution in [2.24, 2.45) is 5.73 Å². The van der Waals surface area contributed by atoms with Crippen molar-refractivity contribution < 1.29 is 33.8 Å². The molecule has 1 amide bonds. The monoisotopic (exact) mass is 742 g/mol. The van der Waals surface area contributed by atoms with E-state index in [1.807, 2.05) is 0 Å². The Bertz CT molecular complexity index is 847. The van der Waals surface area contributed by atoms with Crippen LogP contribution in [0.5, 0.6) is 0 Å². The Morgan fingerprint density at radius 3 is 1.37 bits per heavy atom. The first kappa shape index (κ1) is 49.4. The van der Waals surface area contributed by atoms with Gasteiger partial charge >= 0.3 is 11.9 Å². The molecule has 0 aromatic heterocycles. The molecule has 0 aliphatic rings. The summed E-state index contributed by atoms with van der Waals surface area (Å²) in [5.41, 5.74) is 5.89. The van der Waals surface area contributed by atoms with Gasteiger partial charge in [0.05, 0.1) is 19.2 Å². The summed E-state index contributed by atoms with van der Waals surface area (Å²) in [6.07, 6.45) is 32.4. The van der Waals surface area contributed by atoms with E-state index >= 15 is 0 Å². The molecule has 10 heteroatoms. The fourth-order valence-electron chi connectivity index (χ4n) is 6.28. The highest BCUT2D eigenvalue weighted by Gasteiger charge is 2.31. The Kier molecular flexibility index (Phi) is 35.5. The predicted octanol–water partition coefficient (Wildman–Crippen LogP) is 8.96. The van der Waals surface area contributed by atoms with Crippen molar-refractivity contribution >= 4 is 36.8 Å². The Hall–Kier alpha value is -1.65. The standard InChI is InChI=1S/C41H77N2O7S/c1-3-5-7-9-11-13-15-17-19-21-23-25-27-29-39(46)49-34-37(31-43(36(32-44)33-45)41(48)38(42)35-51)50-40(47)30-28-26-24-22-20-18-16-14-12-10-8-6-4-2/h36-38,44,51H,3-32,34-35,42H2,1-2H3/t36-,37?,38-/m0/s1. The lowest BCUT2D eigenvalue weighted by Gasteiger charge is -2.31. The topological polar surface area (TPSA) is 136 Å². The lowest BCUT2D eigenvalue weighted by Crippen LogP contribution is -2.54. The van der Waals surface area contributed by atoms with Gasteiger partial charge in [0.2, 0.25) is 12.2 Å². The van der Waals surface area contributed by atoms with E-state index in [1.54, 1.807) is 6.29 Å². The van der Waals surface area contributed by atoms with Crippen molar-refractivity contribution in [1.29, 1.82) is 0 Å². The van der Waals surface area contributed by atoms with E-state index in [-0.39, 0.29) is 31.7 Å². The van der Waals surface area contributed by atoms with Gasteiger partial charge in [-0.1, -0.05) is 168 Å². The lowest BCUT2D eigenvalue weighted by atomic mass is 10.0. The summed E-state index contributed by atoms with van der Waals surface area (Å²) in [5.74, 6) is -1.48. The first-order valence-corrected chi connectivity index (χ1v) is 21.5. The molecule has 3 N–H and O–H groups in total. The van der Waals surface area contributed by atoms with Crippen LogP contribution in [0.25, 0.3) is 0 Å². The maximum absolute atomic E-state index is 13.0. The number of nitrogens with two attached hydrogens (primary N) is 1. The van der Waals surface area contributed by atoms with Crippen LogP contribution in [0.4, 0.5) is 0 Å². The molecule has 1 radical (unpaired) electrons. The summed E-state index contributed by atoms with van der Waals surface area (Å²) in [7, 11) is 0. The second-order valence-corrected chi connectivity index (χ2v) is 14.7. The summed E-state index contributed by atoms with van der Waals surface area (Å²) in [6, 6.07) is -2.33. The van der Waals surface area contributed by atoms with E-state index in [1.165, 1.54) is 122 Å². The number of carbonyl (C=O) groups excluding carboxylic acids is 4. The van der Waals surface area contributed by atoms with Crippen LogP contribution in [0.2, 0.25) is 0 Å². The van der Waals surface area contributed by atoms with Crippen LogP contribution in [0, 0.1) is 0 Å². The molecule has 9 nitrogen and oxygen atoms in total. The molecule has 0 rings (SSSR count). The maximum Gasteiger partial charge on any atom is 0.306 e. The average molecular weight is 742 g/mol. The van der Waals surface area contributed by atoms with Crippen molar-refractivity contribution in [3.8, 4) is 0 Å². The Morgan fingerprint density at radius 1 is 0.647 bits per heavy atom. The second kappa shape index (κ2) is 36.7. The number of aliphatic hydroxyl groups is 1. The average Bonchev–Trinajstić information content (AvgIpc) is 3.13. The fourth-order valence-corrected chi connectivity index (χ4v) is 6.44. The van der Waals surface area contributed by atoms with Crippen LogP contribution in [-0.4, -0.2) is 77.8 Å². The fraction of sp³-hybridized carbons (Fsp3) is 0.902. The Balaban J connectivity index is 4.66. The van der Waals surface area contributed by atoms with Crippen molar-refractivity contribution in [2.75, 3.05) is 25.5 Å². The zero-order chi connectivity index (χ0) is 37.8. The van der Waals surface area contributed by atoms with Crippen molar-refractivity contribution in [1.82, 2.24) is 4.90 Å². The van der Waals surface area contributed by atoms with Gasteiger partial charge in [-0.05, 0) is 12.8 Å². The highest BCUT2D eigenvalue weighted by Crippen LogP contribution is 2.16. The SMILES string of the molecule is CCCCCCCCCCCCCCCC(=O)OCC(CN(C(=O)[C@@H](N)CS)[C@H]([C]=O)CO)OC(=O)CCCCCCCCCCCCCCC. The van der Waals surface area contributed by atoms with Gasteiger partial charge in [0.15, 0.2) is 6.10 Å². The Labute approximate surface area is 317 Å². The van der Waals surface area contributed by atoms with E-state index in [0.29, 0.717) is 12.8 Å². The van der Waals surface area contributed by atoms with Gasteiger partial charge in [-0.2, -0.15) is 12.6 Å². The summed E-state index contributed by atoms with van der Waals surface area (Å²) < 4.78 is 11.2. The van der Waals surface area contributed by atoms with Crippen LogP contribution in [0.1, 0.15) is 194 Å². The molecular formula is C41H77N2O7S. The number of amides is 1.